The van der Waals surface area contributed by atoms with E-state index in [1.54, 1.807) is 12.1 Å². The van der Waals surface area contributed by atoms with Gasteiger partial charge in [0.1, 0.15) is 11.6 Å². The molecule has 0 aliphatic heterocycles. The van der Waals surface area contributed by atoms with E-state index in [1.807, 2.05) is 42.5 Å². The van der Waals surface area contributed by atoms with E-state index < -0.39 is 0 Å². The molecule has 37 heavy (non-hydrogen) atoms. The molecule has 194 valence electrons. The lowest BCUT2D eigenvalue weighted by atomic mass is 10.1. The van der Waals surface area contributed by atoms with Crippen LogP contribution in [0.5, 0.6) is 23.0 Å². The molecule has 0 bridgehead atoms. The lowest BCUT2D eigenvalue weighted by molar-refractivity contribution is 0.0953. The smallest absolute Gasteiger partial charge is 0.251 e. The van der Waals surface area contributed by atoms with E-state index in [4.69, 9.17) is 23.9 Å². The number of imidazole rings is 1. The Kier molecular flexibility index (Phi) is 8.51. The zero-order valence-corrected chi connectivity index (χ0v) is 21.7. The van der Waals surface area contributed by atoms with Crippen molar-refractivity contribution in [1.29, 1.82) is 0 Å². The normalized spacial score (nSPS) is 10.8. The Morgan fingerprint density at radius 3 is 2.32 bits per heavy atom. The average Bonchev–Trinajstić information content (AvgIpc) is 3.28. The fourth-order valence-corrected chi connectivity index (χ4v) is 4.22. The number of carbonyl (C=O) groups is 1. The Bertz CT molecular complexity index is 1320. The number of aromatic nitrogens is 2. The van der Waals surface area contributed by atoms with E-state index >= 15 is 0 Å². The minimum atomic E-state index is -0.228. The molecule has 0 saturated carbocycles. The molecule has 0 aliphatic carbocycles. The summed E-state index contributed by atoms with van der Waals surface area (Å²) >= 11 is 0. The molecule has 4 aromatic rings. The largest absolute Gasteiger partial charge is 0.494 e. The SMILES string of the molecule is COc1cc(C(=O)NCCc2nc3ccccc3n2CCCOc2ccc(C)cc2)cc(OC)c1OC. The van der Waals surface area contributed by atoms with E-state index in [9.17, 15) is 4.79 Å². The van der Waals surface area contributed by atoms with Crippen LogP contribution in [0, 0.1) is 6.92 Å². The second-order valence-corrected chi connectivity index (χ2v) is 8.60. The number of nitrogens with one attached hydrogen (secondary N) is 1. The number of amides is 1. The van der Waals surface area contributed by atoms with Crippen LogP contribution in [0.25, 0.3) is 11.0 Å². The first-order valence-corrected chi connectivity index (χ1v) is 12.3. The van der Waals surface area contributed by atoms with Crippen LogP contribution < -0.4 is 24.3 Å². The number of benzene rings is 3. The molecular weight excluding hydrogens is 470 g/mol. The van der Waals surface area contributed by atoms with Crippen molar-refractivity contribution in [2.24, 2.45) is 0 Å². The number of aryl methyl sites for hydroxylation is 2. The number of fused-ring (bicyclic) bond motifs is 1. The minimum absolute atomic E-state index is 0.228. The number of hydrogen-bond donors (Lipinski definition) is 1. The van der Waals surface area contributed by atoms with Gasteiger partial charge in [0, 0.05) is 25.1 Å². The van der Waals surface area contributed by atoms with E-state index in [-0.39, 0.29) is 5.91 Å². The van der Waals surface area contributed by atoms with Gasteiger partial charge in [0.25, 0.3) is 5.91 Å². The van der Waals surface area contributed by atoms with Crippen molar-refractivity contribution in [1.82, 2.24) is 14.9 Å². The lowest BCUT2D eigenvalue weighted by Gasteiger charge is -2.14. The highest BCUT2D eigenvalue weighted by molar-refractivity contribution is 5.95. The molecule has 1 N–H and O–H groups in total. The van der Waals surface area contributed by atoms with Crippen molar-refractivity contribution in [3.8, 4) is 23.0 Å². The third kappa shape index (κ3) is 6.14. The van der Waals surface area contributed by atoms with Gasteiger partial charge in [0.2, 0.25) is 5.75 Å². The number of ether oxygens (including phenoxy) is 4. The molecule has 4 rings (SSSR count). The van der Waals surface area contributed by atoms with Gasteiger partial charge in [-0.15, -0.1) is 0 Å². The van der Waals surface area contributed by atoms with Gasteiger partial charge in [-0.1, -0.05) is 29.8 Å². The van der Waals surface area contributed by atoms with Gasteiger partial charge >= 0.3 is 0 Å². The second kappa shape index (κ2) is 12.2. The first kappa shape index (κ1) is 25.9. The molecule has 8 heteroatoms. The van der Waals surface area contributed by atoms with Crippen LogP contribution in [-0.2, 0) is 13.0 Å². The fourth-order valence-electron chi connectivity index (χ4n) is 4.22. The van der Waals surface area contributed by atoms with E-state index in [1.165, 1.54) is 26.9 Å². The molecule has 0 radical (unpaired) electrons. The van der Waals surface area contributed by atoms with Gasteiger partial charge in [0.15, 0.2) is 11.5 Å². The van der Waals surface area contributed by atoms with Gasteiger partial charge in [-0.25, -0.2) is 4.98 Å². The zero-order chi connectivity index (χ0) is 26.2. The van der Waals surface area contributed by atoms with Crippen LogP contribution in [0.1, 0.15) is 28.2 Å². The van der Waals surface area contributed by atoms with Crippen LogP contribution in [0.15, 0.2) is 60.7 Å². The van der Waals surface area contributed by atoms with Crippen LogP contribution in [-0.4, -0.2) is 49.9 Å². The summed E-state index contributed by atoms with van der Waals surface area (Å²) in [5.74, 6) is 2.87. The number of hydrogen-bond acceptors (Lipinski definition) is 6. The number of methoxy groups -OCH3 is 3. The highest BCUT2D eigenvalue weighted by Gasteiger charge is 2.17. The monoisotopic (exact) mass is 503 g/mol. The first-order chi connectivity index (χ1) is 18.0. The Hall–Kier alpha value is -4.20. The summed E-state index contributed by atoms with van der Waals surface area (Å²) in [6, 6.07) is 19.4. The van der Waals surface area contributed by atoms with Crippen molar-refractivity contribution in [3.63, 3.8) is 0 Å². The maximum atomic E-state index is 12.9. The molecule has 1 aromatic heterocycles. The molecule has 3 aromatic carbocycles. The van der Waals surface area contributed by atoms with Gasteiger partial charge < -0.3 is 28.8 Å². The number of para-hydroxylation sites is 2. The van der Waals surface area contributed by atoms with Gasteiger partial charge in [-0.05, 0) is 49.7 Å². The van der Waals surface area contributed by atoms with Gasteiger partial charge in [0.05, 0.1) is 39.0 Å². The van der Waals surface area contributed by atoms with Gasteiger partial charge in [-0.2, -0.15) is 0 Å². The average molecular weight is 504 g/mol. The van der Waals surface area contributed by atoms with Gasteiger partial charge in [-0.3, -0.25) is 4.79 Å². The Labute approximate surface area is 217 Å². The molecule has 0 fully saturated rings. The lowest BCUT2D eigenvalue weighted by Crippen LogP contribution is -2.26. The van der Waals surface area contributed by atoms with Crippen molar-refractivity contribution in [3.05, 3.63) is 77.6 Å². The summed E-state index contributed by atoms with van der Waals surface area (Å²) < 4.78 is 24.2. The molecule has 0 saturated heterocycles. The van der Waals surface area contributed by atoms with Crippen molar-refractivity contribution < 1.29 is 23.7 Å². The molecule has 0 unspecified atom stereocenters. The predicted molar refractivity (Wildman–Crippen MR) is 143 cm³/mol. The van der Waals surface area contributed by atoms with E-state index in [0.29, 0.717) is 42.4 Å². The topological polar surface area (TPSA) is 83.8 Å². The minimum Gasteiger partial charge on any atom is -0.494 e. The fraction of sp³-hybridized carbons (Fsp3) is 0.310. The molecular formula is C29H33N3O5. The number of rotatable bonds is 12. The summed E-state index contributed by atoms with van der Waals surface area (Å²) in [5.41, 5.74) is 3.65. The predicted octanol–water partition coefficient (Wildman–Crippen LogP) is 4.81. The molecule has 0 aliphatic rings. The Morgan fingerprint density at radius 2 is 1.65 bits per heavy atom. The van der Waals surface area contributed by atoms with Crippen LogP contribution >= 0.6 is 0 Å². The van der Waals surface area contributed by atoms with E-state index in [2.05, 4.69) is 22.9 Å². The van der Waals surface area contributed by atoms with E-state index in [0.717, 1.165) is 35.6 Å². The summed E-state index contributed by atoms with van der Waals surface area (Å²) in [5, 5.41) is 2.98. The third-order valence-electron chi connectivity index (χ3n) is 6.11. The maximum absolute atomic E-state index is 12.9. The Balaban J connectivity index is 1.40. The molecule has 0 atom stereocenters. The standard InChI is InChI=1S/C29H33N3O5/c1-20-10-12-22(13-11-20)37-17-7-16-32-24-9-6-5-8-23(24)31-27(32)14-15-30-29(33)21-18-25(34-2)28(36-4)26(19-21)35-3/h5-6,8-13,18-19H,7,14-17H2,1-4H3,(H,30,33). The highest BCUT2D eigenvalue weighted by atomic mass is 16.5. The summed E-state index contributed by atoms with van der Waals surface area (Å²) in [4.78, 5) is 17.7. The number of carbonyl (C=O) groups excluding carboxylic acids is 1. The molecule has 0 spiro atoms. The summed E-state index contributed by atoms with van der Waals surface area (Å²) in [7, 11) is 4.57. The quantitative estimate of drug-likeness (QED) is 0.279. The zero-order valence-electron chi connectivity index (χ0n) is 21.7. The van der Waals surface area contributed by atoms with Crippen LogP contribution in [0.3, 0.4) is 0 Å². The molecule has 8 nitrogen and oxygen atoms in total. The summed E-state index contributed by atoms with van der Waals surface area (Å²) in [6.45, 7) is 3.86. The molecule has 1 heterocycles. The number of nitrogens with zero attached hydrogens (tertiary/aromatic N) is 2. The van der Waals surface area contributed by atoms with Crippen molar-refractivity contribution in [2.45, 2.75) is 26.3 Å². The first-order valence-electron chi connectivity index (χ1n) is 12.3. The maximum Gasteiger partial charge on any atom is 0.251 e. The van der Waals surface area contributed by atoms with Crippen LogP contribution in [0.2, 0.25) is 0 Å². The highest BCUT2D eigenvalue weighted by Crippen LogP contribution is 2.38. The van der Waals surface area contributed by atoms with Crippen LogP contribution in [0.4, 0.5) is 0 Å². The summed E-state index contributed by atoms with van der Waals surface area (Å²) in [6.07, 6.45) is 1.42. The Morgan fingerprint density at radius 1 is 0.946 bits per heavy atom. The second-order valence-electron chi connectivity index (χ2n) is 8.60. The van der Waals surface area contributed by atoms with Crippen molar-refractivity contribution >= 4 is 16.9 Å². The third-order valence-corrected chi connectivity index (χ3v) is 6.11. The molecule has 1 amide bonds. The van der Waals surface area contributed by atoms with Crippen molar-refractivity contribution in [2.75, 3.05) is 34.5 Å².